The number of methoxy groups -OCH3 is 1. The number of ether oxygens (including phenoxy) is 2. The Morgan fingerprint density at radius 1 is 1.12 bits per heavy atom. The van der Waals surface area contributed by atoms with Gasteiger partial charge in [-0.2, -0.15) is 21.6 Å². The number of carbonyl (C=O) groups is 1. The minimum absolute atomic E-state index is 0.0615. The molecule has 222 valence electrons. The van der Waals surface area contributed by atoms with E-state index in [1.807, 2.05) is 32.2 Å². The van der Waals surface area contributed by atoms with Gasteiger partial charge in [0.1, 0.15) is 23.0 Å². The zero-order valence-electron chi connectivity index (χ0n) is 23.2. The third-order valence-corrected chi connectivity index (χ3v) is 8.51. The lowest BCUT2D eigenvalue weighted by atomic mass is 9.92. The fourth-order valence-corrected chi connectivity index (χ4v) is 6.50. The maximum atomic E-state index is 12.8. The van der Waals surface area contributed by atoms with E-state index < -0.39 is 34.4 Å². The molecular formula is C28H31F3N2O6S2. The summed E-state index contributed by atoms with van der Waals surface area (Å²) < 4.78 is 78.1. The van der Waals surface area contributed by atoms with E-state index in [4.69, 9.17) is 13.7 Å². The van der Waals surface area contributed by atoms with Crippen LogP contribution in [0.4, 0.5) is 24.5 Å². The molecule has 0 atom stereocenters. The lowest BCUT2D eigenvalue weighted by Gasteiger charge is -2.41. The second-order valence-electron chi connectivity index (χ2n) is 10.4. The molecule has 0 fully saturated rings. The Labute approximate surface area is 241 Å². The summed E-state index contributed by atoms with van der Waals surface area (Å²) in [6, 6.07) is 11.5. The molecule has 13 heteroatoms. The van der Waals surface area contributed by atoms with Crippen molar-refractivity contribution >= 4 is 38.8 Å². The van der Waals surface area contributed by atoms with Crippen LogP contribution < -0.4 is 19.1 Å². The number of fused-ring (bicyclic) bond motifs is 1. The van der Waals surface area contributed by atoms with Gasteiger partial charge in [0, 0.05) is 41.2 Å². The summed E-state index contributed by atoms with van der Waals surface area (Å²) in [6.07, 6.45) is -6.16. The summed E-state index contributed by atoms with van der Waals surface area (Å²) in [7, 11) is -1.17. The van der Waals surface area contributed by atoms with Gasteiger partial charge in [0.05, 0.1) is 30.7 Å². The van der Waals surface area contributed by atoms with E-state index in [1.165, 1.54) is 30.6 Å². The molecular weight excluding hydrogens is 581 g/mol. The van der Waals surface area contributed by atoms with Crippen LogP contribution in [0.15, 0.2) is 42.5 Å². The Kier molecular flexibility index (Phi) is 8.51. The van der Waals surface area contributed by atoms with E-state index >= 15 is 0 Å². The first kappa shape index (κ1) is 30.5. The highest BCUT2D eigenvalue weighted by atomic mass is 32.2. The van der Waals surface area contributed by atoms with E-state index in [1.54, 1.807) is 12.1 Å². The highest BCUT2D eigenvalue weighted by Crippen LogP contribution is 2.44. The summed E-state index contributed by atoms with van der Waals surface area (Å²) >= 11 is 1.33. The van der Waals surface area contributed by atoms with Crippen LogP contribution >= 0.6 is 11.3 Å². The fraction of sp³-hybridized carbons (Fsp3) is 0.393. The molecule has 41 heavy (non-hydrogen) atoms. The molecule has 3 aromatic rings. The number of likely N-dealkylation sites (N-methyl/N-ethyl adjacent to an activating group) is 1. The summed E-state index contributed by atoms with van der Waals surface area (Å²) in [5.74, 6) is -1.63. The third-order valence-electron chi connectivity index (χ3n) is 6.38. The number of nitrogens with one attached hydrogen (secondary N) is 1. The van der Waals surface area contributed by atoms with Crippen molar-refractivity contribution in [2.45, 2.75) is 45.5 Å². The van der Waals surface area contributed by atoms with Crippen LogP contribution in [0, 0.1) is 6.92 Å². The zero-order valence-corrected chi connectivity index (χ0v) is 24.8. The highest BCUT2D eigenvalue weighted by molar-refractivity contribution is 7.87. The maximum absolute atomic E-state index is 12.8. The lowest BCUT2D eigenvalue weighted by Crippen LogP contribution is -2.47. The van der Waals surface area contributed by atoms with E-state index in [2.05, 4.69) is 24.1 Å². The Balaban J connectivity index is 1.72. The number of anilines is 2. The topological polar surface area (TPSA) is 94.2 Å². The van der Waals surface area contributed by atoms with Crippen molar-refractivity contribution in [1.82, 2.24) is 0 Å². The van der Waals surface area contributed by atoms with Gasteiger partial charge in [-0.3, -0.25) is 0 Å². The summed E-state index contributed by atoms with van der Waals surface area (Å²) in [6.45, 7) is 6.65. The second kappa shape index (κ2) is 11.4. The SMILES string of the molecule is COc1cc(OS(=O)(=O)CCC(F)(F)F)ccc1-c1ccc2c(c1COC(=O)c1ccc(C)s1)N(C)CC(C)(C)N2. The minimum atomic E-state index is -4.64. The number of esters is 1. The second-order valence-corrected chi connectivity index (χ2v) is 13.4. The van der Waals surface area contributed by atoms with Crippen LogP contribution in [0.1, 0.15) is 40.4 Å². The van der Waals surface area contributed by atoms with Gasteiger partial charge >= 0.3 is 22.3 Å². The number of nitrogens with zero attached hydrogens (tertiary/aromatic N) is 1. The van der Waals surface area contributed by atoms with Gasteiger partial charge in [0.15, 0.2) is 0 Å². The number of hydrogen-bond donors (Lipinski definition) is 1. The largest absolute Gasteiger partial charge is 0.496 e. The van der Waals surface area contributed by atoms with Crippen LogP contribution in [0.25, 0.3) is 11.1 Å². The van der Waals surface area contributed by atoms with Crippen LogP contribution in [-0.4, -0.2) is 52.6 Å². The van der Waals surface area contributed by atoms with Gasteiger partial charge in [-0.15, -0.1) is 11.3 Å². The normalized spacial score (nSPS) is 14.7. The van der Waals surface area contributed by atoms with Gasteiger partial charge in [-0.1, -0.05) is 6.07 Å². The van der Waals surface area contributed by atoms with E-state index in [0.29, 0.717) is 28.1 Å². The van der Waals surface area contributed by atoms with Crippen LogP contribution in [0.2, 0.25) is 0 Å². The molecule has 1 N–H and O–H groups in total. The Bertz CT molecular complexity index is 1550. The van der Waals surface area contributed by atoms with Crippen molar-refractivity contribution in [3.63, 3.8) is 0 Å². The van der Waals surface area contributed by atoms with E-state index in [0.717, 1.165) is 16.3 Å². The van der Waals surface area contributed by atoms with E-state index in [9.17, 15) is 26.4 Å². The standard InChI is InChI=1S/C28H31F3N2O6S2/c1-17-6-11-24(40-17)26(34)38-15-21-19(9-10-22-25(21)33(4)16-27(2,3)32-22)20-8-7-18(14-23(20)37-5)39-41(35,36)13-12-28(29,30)31/h6-11,14,32H,12-13,15-16H2,1-5H3. The van der Waals surface area contributed by atoms with Crippen LogP contribution in [-0.2, 0) is 21.5 Å². The van der Waals surface area contributed by atoms with Crippen molar-refractivity contribution in [3.8, 4) is 22.6 Å². The predicted molar refractivity (Wildman–Crippen MR) is 153 cm³/mol. The van der Waals surface area contributed by atoms with Gasteiger partial charge in [-0.05, 0) is 56.7 Å². The number of halogens is 3. The third kappa shape index (κ3) is 7.45. The van der Waals surface area contributed by atoms with Crippen molar-refractivity contribution in [2.24, 2.45) is 0 Å². The first-order chi connectivity index (χ1) is 19.1. The molecule has 1 aromatic heterocycles. The van der Waals surface area contributed by atoms with Crippen molar-refractivity contribution in [2.75, 3.05) is 36.7 Å². The van der Waals surface area contributed by atoms with Gasteiger partial charge in [-0.25, -0.2) is 4.79 Å². The molecule has 0 spiro atoms. The number of thiophene rings is 1. The molecule has 0 saturated heterocycles. The number of alkyl halides is 3. The molecule has 0 unspecified atom stereocenters. The smallest absolute Gasteiger partial charge is 0.390 e. The average Bonchev–Trinajstić information content (AvgIpc) is 3.31. The van der Waals surface area contributed by atoms with Gasteiger partial charge in [0.2, 0.25) is 0 Å². The molecule has 2 aromatic carbocycles. The zero-order chi connectivity index (χ0) is 30.2. The molecule has 0 amide bonds. The number of carbonyl (C=O) groups excluding carboxylic acids is 1. The molecule has 4 rings (SSSR count). The quantitative estimate of drug-likeness (QED) is 0.220. The summed E-state index contributed by atoms with van der Waals surface area (Å²) in [5, 5.41) is 3.52. The molecule has 0 saturated carbocycles. The number of aryl methyl sites for hydroxylation is 1. The Morgan fingerprint density at radius 2 is 1.83 bits per heavy atom. The lowest BCUT2D eigenvalue weighted by molar-refractivity contribution is -0.130. The minimum Gasteiger partial charge on any atom is -0.496 e. The monoisotopic (exact) mass is 612 g/mol. The predicted octanol–water partition coefficient (Wildman–Crippen LogP) is 6.39. The van der Waals surface area contributed by atoms with Gasteiger partial charge in [0.25, 0.3) is 0 Å². The van der Waals surface area contributed by atoms with Crippen molar-refractivity contribution in [3.05, 3.63) is 57.8 Å². The maximum Gasteiger partial charge on any atom is 0.390 e. The molecule has 8 nitrogen and oxygen atoms in total. The number of hydrogen-bond acceptors (Lipinski definition) is 9. The molecule has 2 heterocycles. The molecule has 0 aliphatic carbocycles. The first-order valence-electron chi connectivity index (χ1n) is 12.6. The highest BCUT2D eigenvalue weighted by Gasteiger charge is 2.32. The first-order valence-corrected chi connectivity index (χ1v) is 15.0. The number of benzene rings is 2. The Hall–Kier alpha value is -3.45. The van der Waals surface area contributed by atoms with Gasteiger partial charge < -0.3 is 23.9 Å². The van der Waals surface area contributed by atoms with Crippen molar-refractivity contribution < 1.29 is 40.0 Å². The van der Waals surface area contributed by atoms with Crippen molar-refractivity contribution in [1.29, 1.82) is 0 Å². The molecule has 0 radical (unpaired) electrons. The summed E-state index contributed by atoms with van der Waals surface area (Å²) in [4.78, 5) is 16.4. The Morgan fingerprint density at radius 3 is 2.46 bits per heavy atom. The molecule has 1 aliphatic heterocycles. The van der Waals surface area contributed by atoms with Crippen LogP contribution in [0.3, 0.4) is 0 Å². The van der Waals surface area contributed by atoms with Crippen LogP contribution in [0.5, 0.6) is 11.5 Å². The molecule has 0 bridgehead atoms. The number of rotatable bonds is 9. The average molecular weight is 613 g/mol. The summed E-state index contributed by atoms with van der Waals surface area (Å²) in [5.41, 5.74) is 3.36. The molecule has 1 aliphatic rings. The van der Waals surface area contributed by atoms with E-state index in [-0.39, 0.29) is 23.6 Å². The fourth-order valence-electron chi connectivity index (χ4n) is 4.78.